The molecular weight excluding hydrogens is 518 g/mol. The first kappa shape index (κ1) is 26.6. The first-order valence-electron chi connectivity index (χ1n) is 13.0. The van der Waals surface area contributed by atoms with Gasteiger partial charge < -0.3 is 5.32 Å². The van der Waals surface area contributed by atoms with Crippen LogP contribution in [0.3, 0.4) is 0 Å². The predicted molar refractivity (Wildman–Crippen MR) is 144 cm³/mol. The molecule has 0 saturated heterocycles. The van der Waals surface area contributed by atoms with Crippen molar-refractivity contribution in [3.05, 3.63) is 77.6 Å². The van der Waals surface area contributed by atoms with E-state index in [1.54, 1.807) is 61.2 Å². The van der Waals surface area contributed by atoms with Crippen LogP contribution in [0.15, 0.2) is 65.7 Å². The Bertz CT molecular complexity index is 1510. The highest BCUT2D eigenvalue weighted by Crippen LogP contribution is 2.33. The van der Waals surface area contributed by atoms with E-state index in [2.05, 4.69) is 10.4 Å². The molecular formula is C28H31N5O5S. The van der Waals surface area contributed by atoms with Gasteiger partial charge in [-0.3, -0.25) is 24.0 Å². The normalized spacial score (nSPS) is 17.5. The molecule has 1 aliphatic heterocycles. The van der Waals surface area contributed by atoms with Crippen LogP contribution in [0.1, 0.15) is 59.8 Å². The number of fused-ring (bicyclic) bond motifs is 1. The fraction of sp³-hybridized carbons (Fsp3) is 0.357. The van der Waals surface area contributed by atoms with E-state index in [1.165, 1.54) is 23.1 Å². The van der Waals surface area contributed by atoms with Crippen LogP contribution in [0.25, 0.3) is 0 Å². The van der Waals surface area contributed by atoms with Gasteiger partial charge in [-0.1, -0.05) is 49.6 Å². The number of hydrogen-bond acceptors (Lipinski definition) is 6. The lowest BCUT2D eigenvalue weighted by atomic mass is 9.94. The van der Waals surface area contributed by atoms with E-state index in [4.69, 9.17) is 0 Å². The van der Waals surface area contributed by atoms with Gasteiger partial charge in [0.15, 0.2) is 0 Å². The van der Waals surface area contributed by atoms with Gasteiger partial charge >= 0.3 is 0 Å². The monoisotopic (exact) mass is 549 g/mol. The lowest BCUT2D eigenvalue weighted by Gasteiger charge is -2.33. The molecule has 1 atom stereocenters. The number of nitrogens with zero attached hydrogens (tertiary/aromatic N) is 4. The average molecular weight is 550 g/mol. The predicted octanol–water partition coefficient (Wildman–Crippen LogP) is 3.10. The van der Waals surface area contributed by atoms with Gasteiger partial charge in [-0.25, -0.2) is 12.7 Å². The second kappa shape index (κ2) is 10.6. The molecule has 5 rings (SSSR count). The summed E-state index contributed by atoms with van der Waals surface area (Å²) in [6, 6.07) is 13.3. The molecule has 1 N–H and O–H groups in total. The van der Waals surface area contributed by atoms with E-state index >= 15 is 0 Å². The Morgan fingerprint density at radius 2 is 1.72 bits per heavy atom. The minimum absolute atomic E-state index is 0.0197. The lowest BCUT2D eigenvalue weighted by molar-refractivity contribution is -0.127. The Kier molecular flexibility index (Phi) is 7.26. The molecule has 3 amide bonds. The molecule has 1 aliphatic carbocycles. The Morgan fingerprint density at radius 1 is 1.05 bits per heavy atom. The molecule has 10 nitrogen and oxygen atoms in total. The number of carbonyl (C=O) groups excluding carboxylic acids is 3. The number of rotatable bonds is 7. The minimum Gasteiger partial charge on any atom is -0.351 e. The number of nitrogens with one attached hydrogen (secondary N) is 1. The van der Waals surface area contributed by atoms with Crippen LogP contribution >= 0.6 is 0 Å². The molecule has 0 spiro atoms. The minimum atomic E-state index is -4.22. The van der Waals surface area contributed by atoms with E-state index in [0.29, 0.717) is 21.2 Å². The Hall–Kier alpha value is -3.99. The van der Waals surface area contributed by atoms with Crippen molar-refractivity contribution in [2.45, 2.75) is 56.0 Å². The summed E-state index contributed by atoms with van der Waals surface area (Å²) in [6.07, 6.45) is 6.53. The lowest BCUT2D eigenvalue weighted by Crippen LogP contribution is -2.50. The first-order chi connectivity index (χ1) is 18.7. The maximum Gasteiger partial charge on any atom is 0.269 e. The van der Waals surface area contributed by atoms with Gasteiger partial charge in [0.1, 0.15) is 17.5 Å². The third-order valence-corrected chi connectivity index (χ3v) is 9.09. The number of aromatic nitrogens is 2. The number of sulfonamides is 1. The summed E-state index contributed by atoms with van der Waals surface area (Å²) in [6.45, 7) is 1.01. The summed E-state index contributed by atoms with van der Waals surface area (Å²) < 4.78 is 28.6. The Labute approximate surface area is 227 Å². The van der Waals surface area contributed by atoms with Gasteiger partial charge in [0.05, 0.1) is 11.3 Å². The smallest absolute Gasteiger partial charge is 0.269 e. The molecule has 1 aromatic heterocycles. The number of aryl methyl sites for hydroxylation is 2. The van der Waals surface area contributed by atoms with E-state index in [1.807, 2.05) is 0 Å². The van der Waals surface area contributed by atoms with Gasteiger partial charge in [0, 0.05) is 30.5 Å². The summed E-state index contributed by atoms with van der Waals surface area (Å²) in [5.74, 6) is -1.86. The third-order valence-electron chi connectivity index (χ3n) is 7.30. The van der Waals surface area contributed by atoms with Crippen molar-refractivity contribution in [1.82, 2.24) is 19.4 Å². The van der Waals surface area contributed by atoms with Crippen molar-refractivity contribution < 1.29 is 22.8 Å². The van der Waals surface area contributed by atoms with Crippen LogP contribution in [-0.2, 0) is 26.7 Å². The summed E-state index contributed by atoms with van der Waals surface area (Å²) in [5, 5.41) is 7.52. The van der Waals surface area contributed by atoms with Gasteiger partial charge in [-0.2, -0.15) is 5.10 Å². The number of anilines is 1. The quantitative estimate of drug-likeness (QED) is 0.483. The van der Waals surface area contributed by atoms with Crippen molar-refractivity contribution in [3.63, 3.8) is 0 Å². The van der Waals surface area contributed by atoms with Crippen molar-refractivity contribution >= 4 is 33.4 Å². The number of hydrogen-bond donors (Lipinski definition) is 1. The number of para-hydroxylation sites is 1. The first-order valence-corrected chi connectivity index (χ1v) is 14.5. The highest BCUT2D eigenvalue weighted by Gasteiger charge is 2.44. The van der Waals surface area contributed by atoms with Crippen molar-refractivity contribution in [3.8, 4) is 0 Å². The summed E-state index contributed by atoms with van der Waals surface area (Å²) in [7, 11) is -2.49. The SMILES string of the molecule is Cc1nn(C)cc1C(C(=O)NC1CCCCC1)N(C(=O)CN1C(=O)c2ccccc2S1(=O)=O)c1ccccc1. The van der Waals surface area contributed by atoms with E-state index in [0.717, 1.165) is 32.1 Å². The topological polar surface area (TPSA) is 122 Å². The van der Waals surface area contributed by atoms with Crippen LogP contribution in [0.2, 0.25) is 0 Å². The van der Waals surface area contributed by atoms with Crippen LogP contribution in [0, 0.1) is 6.92 Å². The Morgan fingerprint density at radius 3 is 2.36 bits per heavy atom. The number of carbonyl (C=O) groups is 3. The van der Waals surface area contributed by atoms with Crippen LogP contribution in [0.5, 0.6) is 0 Å². The molecule has 1 fully saturated rings. The number of amides is 3. The van der Waals surface area contributed by atoms with Crippen LogP contribution in [-0.4, -0.2) is 52.8 Å². The van der Waals surface area contributed by atoms with E-state index in [9.17, 15) is 22.8 Å². The van der Waals surface area contributed by atoms with Gasteiger partial charge in [-0.05, 0) is 44.0 Å². The summed E-state index contributed by atoms with van der Waals surface area (Å²) in [4.78, 5) is 42.3. The molecule has 1 unspecified atom stereocenters. The standard InChI is InChI=1S/C28H31N5O5S/c1-19-23(17-31(2)30-19)26(27(35)29-20-11-5-3-6-12-20)33(21-13-7-4-8-14-21)25(34)18-32-28(36)22-15-9-10-16-24(22)39(32,37)38/h4,7-10,13-17,20,26H,3,5-6,11-12,18H2,1-2H3,(H,29,35). The molecule has 204 valence electrons. The molecule has 0 bridgehead atoms. The van der Waals surface area contributed by atoms with E-state index in [-0.39, 0.29) is 22.4 Å². The molecule has 2 aromatic carbocycles. The summed E-state index contributed by atoms with van der Waals surface area (Å²) >= 11 is 0. The fourth-order valence-electron chi connectivity index (χ4n) is 5.42. The van der Waals surface area contributed by atoms with Crippen LogP contribution in [0.4, 0.5) is 5.69 Å². The van der Waals surface area contributed by atoms with Gasteiger partial charge in [0.25, 0.3) is 15.9 Å². The van der Waals surface area contributed by atoms with Crippen LogP contribution < -0.4 is 10.2 Å². The molecule has 39 heavy (non-hydrogen) atoms. The second-order valence-electron chi connectivity index (χ2n) is 10.0. The zero-order valence-electron chi connectivity index (χ0n) is 21.9. The Balaban J connectivity index is 1.55. The molecule has 2 aliphatic rings. The molecule has 0 radical (unpaired) electrons. The highest BCUT2D eigenvalue weighted by atomic mass is 32.2. The van der Waals surface area contributed by atoms with Crippen molar-refractivity contribution in [2.24, 2.45) is 7.05 Å². The fourth-order valence-corrected chi connectivity index (χ4v) is 6.94. The maximum atomic E-state index is 14.1. The molecule has 2 heterocycles. The van der Waals surface area contributed by atoms with Gasteiger partial charge in [0.2, 0.25) is 11.8 Å². The largest absolute Gasteiger partial charge is 0.351 e. The molecule has 1 saturated carbocycles. The zero-order chi connectivity index (χ0) is 27.7. The van der Waals surface area contributed by atoms with Gasteiger partial charge in [-0.15, -0.1) is 0 Å². The maximum absolute atomic E-state index is 14.1. The highest BCUT2D eigenvalue weighted by molar-refractivity contribution is 7.90. The summed E-state index contributed by atoms with van der Waals surface area (Å²) in [5.41, 5.74) is 1.50. The molecule has 3 aromatic rings. The zero-order valence-corrected chi connectivity index (χ0v) is 22.7. The number of benzene rings is 2. The third kappa shape index (κ3) is 5.06. The molecule has 11 heteroatoms. The van der Waals surface area contributed by atoms with E-state index < -0.39 is 34.4 Å². The average Bonchev–Trinajstić information content (AvgIpc) is 3.35. The van der Waals surface area contributed by atoms with Crippen molar-refractivity contribution in [2.75, 3.05) is 11.4 Å². The second-order valence-corrected chi connectivity index (χ2v) is 11.8. The van der Waals surface area contributed by atoms with Crippen molar-refractivity contribution in [1.29, 1.82) is 0 Å².